The number of nitrogens with zero attached hydrogens (tertiary/aromatic N) is 3. The number of thioether (sulfide) groups is 1. The van der Waals surface area contributed by atoms with Gasteiger partial charge in [0.05, 0.1) is 32.9 Å². The standard InChI is InChI=1S/C26H23F6N5O2S/c27-25(28,29)16-3-1-4-17(26(30,31)32)21(16)22(23(33)38)36-9-7-14(8-10-36)12-35-24(39)18-11-15-13-34-19-5-2-6-20(40-18)37(15)19/h1-6,11,13-14,22H,7-10,12H2,(H2,33,38)(H,35,39). The van der Waals surface area contributed by atoms with Crippen LogP contribution in [0.5, 0.6) is 0 Å². The molecule has 1 fully saturated rings. The maximum atomic E-state index is 13.7. The first-order valence-electron chi connectivity index (χ1n) is 12.3. The Morgan fingerprint density at radius 3 is 2.25 bits per heavy atom. The van der Waals surface area contributed by atoms with Gasteiger partial charge in [0.2, 0.25) is 5.91 Å². The van der Waals surface area contributed by atoms with Crippen LogP contribution in [0.25, 0.3) is 11.7 Å². The fraction of sp³-hybridized carbons (Fsp3) is 0.346. The minimum Gasteiger partial charge on any atom is -0.368 e. The van der Waals surface area contributed by atoms with Crippen molar-refractivity contribution in [2.24, 2.45) is 11.7 Å². The maximum absolute atomic E-state index is 13.7. The number of likely N-dealkylation sites (tertiary alicyclic amines) is 1. The first-order chi connectivity index (χ1) is 18.8. The molecule has 0 radical (unpaired) electrons. The van der Waals surface area contributed by atoms with Gasteiger partial charge in [-0.2, -0.15) is 26.3 Å². The normalized spacial score (nSPS) is 17.5. The number of piperidine rings is 1. The Balaban J connectivity index is 1.27. The molecule has 1 unspecified atom stereocenters. The number of pyridine rings is 1. The molecular weight excluding hydrogens is 560 g/mol. The molecule has 3 N–H and O–H groups in total. The van der Waals surface area contributed by atoms with Gasteiger partial charge in [-0.25, -0.2) is 4.98 Å². The smallest absolute Gasteiger partial charge is 0.368 e. The summed E-state index contributed by atoms with van der Waals surface area (Å²) in [6, 6.07) is 5.36. The van der Waals surface area contributed by atoms with E-state index in [-0.39, 0.29) is 31.5 Å². The van der Waals surface area contributed by atoms with Crippen molar-refractivity contribution in [3.05, 3.63) is 69.9 Å². The number of carbonyl (C=O) groups excluding carboxylic acids is 2. The van der Waals surface area contributed by atoms with Crippen LogP contribution in [0.4, 0.5) is 26.3 Å². The van der Waals surface area contributed by atoms with Gasteiger partial charge >= 0.3 is 12.4 Å². The van der Waals surface area contributed by atoms with E-state index in [1.54, 1.807) is 12.3 Å². The molecule has 3 aromatic rings. The average molecular weight is 584 g/mol. The second-order valence-corrected chi connectivity index (χ2v) is 10.7. The molecule has 1 aromatic carbocycles. The number of primary amides is 1. The zero-order valence-corrected chi connectivity index (χ0v) is 21.5. The van der Waals surface area contributed by atoms with Gasteiger partial charge in [0.15, 0.2) is 0 Å². The van der Waals surface area contributed by atoms with E-state index in [4.69, 9.17) is 5.73 Å². The van der Waals surface area contributed by atoms with Crippen LogP contribution in [0.3, 0.4) is 0 Å². The second kappa shape index (κ2) is 10.5. The van der Waals surface area contributed by atoms with Crippen molar-refractivity contribution in [3.8, 4) is 0 Å². The van der Waals surface area contributed by atoms with Crippen LogP contribution in [0.15, 0.2) is 52.5 Å². The molecule has 0 spiro atoms. The lowest BCUT2D eigenvalue weighted by Gasteiger charge is -2.38. The highest BCUT2D eigenvalue weighted by Crippen LogP contribution is 2.44. The van der Waals surface area contributed by atoms with E-state index in [1.165, 1.54) is 16.7 Å². The van der Waals surface area contributed by atoms with Gasteiger partial charge in [-0.15, -0.1) is 0 Å². The third-order valence-corrected chi connectivity index (χ3v) is 8.11. The number of nitrogens with one attached hydrogen (secondary N) is 1. The summed E-state index contributed by atoms with van der Waals surface area (Å²) in [6.45, 7) is 0.300. The van der Waals surface area contributed by atoms with Crippen LogP contribution in [0.2, 0.25) is 0 Å². The third kappa shape index (κ3) is 5.42. The van der Waals surface area contributed by atoms with Crippen molar-refractivity contribution in [2.75, 3.05) is 19.6 Å². The Hall–Kier alpha value is -3.52. The van der Waals surface area contributed by atoms with Crippen molar-refractivity contribution in [3.63, 3.8) is 0 Å². The number of imidazole rings is 1. The SMILES string of the molecule is NC(=O)C(c1c(C(F)(F)F)cccc1C(F)(F)F)N1CCC(CNC(=O)C2=Cc3cnc4cccc(n34)S2)CC1. The van der Waals surface area contributed by atoms with Gasteiger partial charge in [-0.3, -0.25) is 18.9 Å². The van der Waals surface area contributed by atoms with E-state index in [9.17, 15) is 35.9 Å². The van der Waals surface area contributed by atoms with Crippen LogP contribution in [0, 0.1) is 5.92 Å². The van der Waals surface area contributed by atoms with Crippen molar-refractivity contribution < 1.29 is 35.9 Å². The van der Waals surface area contributed by atoms with E-state index in [2.05, 4.69) is 10.3 Å². The molecule has 1 atom stereocenters. The quantitative estimate of drug-likeness (QED) is 0.404. The molecule has 40 heavy (non-hydrogen) atoms. The van der Waals surface area contributed by atoms with Crippen LogP contribution < -0.4 is 11.1 Å². The molecule has 0 bridgehead atoms. The molecule has 2 aliphatic rings. The molecular formula is C26H23F6N5O2S. The third-order valence-electron chi connectivity index (χ3n) is 7.06. The van der Waals surface area contributed by atoms with Gasteiger partial charge in [0.1, 0.15) is 11.7 Å². The van der Waals surface area contributed by atoms with Gasteiger partial charge in [-0.1, -0.05) is 23.9 Å². The van der Waals surface area contributed by atoms with E-state index in [1.807, 2.05) is 22.6 Å². The lowest BCUT2D eigenvalue weighted by molar-refractivity contribution is -0.146. The lowest BCUT2D eigenvalue weighted by atomic mass is 9.89. The molecule has 2 aliphatic heterocycles. The Labute approximate surface area is 228 Å². The fourth-order valence-electron chi connectivity index (χ4n) is 5.20. The number of benzene rings is 1. The second-order valence-electron chi connectivity index (χ2n) is 9.61. The Kier molecular flexibility index (Phi) is 7.33. The molecule has 4 heterocycles. The summed E-state index contributed by atoms with van der Waals surface area (Å²) in [4.78, 5) is 31.3. The monoisotopic (exact) mass is 583 g/mol. The first kappa shape index (κ1) is 28.0. The highest BCUT2D eigenvalue weighted by Gasteiger charge is 2.45. The lowest BCUT2D eigenvalue weighted by Crippen LogP contribution is -2.45. The van der Waals surface area contributed by atoms with Crippen LogP contribution in [-0.2, 0) is 21.9 Å². The van der Waals surface area contributed by atoms with Gasteiger partial charge in [0, 0.05) is 12.1 Å². The molecule has 7 nitrogen and oxygen atoms in total. The molecule has 2 aromatic heterocycles. The highest BCUT2D eigenvalue weighted by atomic mass is 32.2. The molecule has 1 saturated heterocycles. The molecule has 5 rings (SSSR count). The van der Waals surface area contributed by atoms with E-state index < -0.39 is 41.0 Å². The maximum Gasteiger partial charge on any atom is 0.416 e. The number of halogens is 6. The topological polar surface area (TPSA) is 92.7 Å². The van der Waals surface area contributed by atoms with Gasteiger partial charge in [-0.05, 0) is 62.2 Å². The van der Waals surface area contributed by atoms with Crippen LogP contribution in [-0.4, -0.2) is 45.7 Å². The summed E-state index contributed by atoms with van der Waals surface area (Å²) in [5.41, 5.74) is 2.65. The summed E-state index contributed by atoms with van der Waals surface area (Å²) in [7, 11) is 0. The average Bonchev–Trinajstić information content (AvgIpc) is 3.31. The predicted octanol–water partition coefficient (Wildman–Crippen LogP) is 4.87. The minimum absolute atomic E-state index is 0.0241. The highest BCUT2D eigenvalue weighted by molar-refractivity contribution is 8.04. The number of hydrogen-bond donors (Lipinski definition) is 2. The molecule has 2 amide bonds. The van der Waals surface area contributed by atoms with E-state index in [0.717, 1.165) is 16.4 Å². The van der Waals surface area contributed by atoms with Gasteiger partial charge < -0.3 is 11.1 Å². The molecule has 212 valence electrons. The molecule has 0 aliphatic carbocycles. The van der Waals surface area contributed by atoms with Crippen molar-refractivity contribution in [2.45, 2.75) is 36.3 Å². The Bertz CT molecular complexity index is 1460. The van der Waals surface area contributed by atoms with Crippen molar-refractivity contribution in [1.29, 1.82) is 0 Å². The molecule has 0 saturated carbocycles. The largest absolute Gasteiger partial charge is 0.416 e. The fourth-order valence-corrected chi connectivity index (χ4v) is 6.20. The summed E-state index contributed by atoms with van der Waals surface area (Å²) in [5.74, 6) is -1.71. The van der Waals surface area contributed by atoms with Crippen molar-refractivity contribution in [1.82, 2.24) is 19.6 Å². The summed E-state index contributed by atoms with van der Waals surface area (Å²) in [6.07, 6.45) is -6.19. The van der Waals surface area contributed by atoms with Crippen molar-refractivity contribution >= 4 is 35.3 Å². The number of alkyl halides is 6. The summed E-state index contributed by atoms with van der Waals surface area (Å²) in [5, 5.41) is 3.70. The Morgan fingerprint density at radius 2 is 1.65 bits per heavy atom. The first-order valence-corrected chi connectivity index (χ1v) is 13.1. The zero-order chi connectivity index (χ0) is 28.8. The Morgan fingerprint density at radius 1 is 1.02 bits per heavy atom. The van der Waals surface area contributed by atoms with Gasteiger partial charge in [0.25, 0.3) is 5.91 Å². The number of carbonyl (C=O) groups is 2. The summed E-state index contributed by atoms with van der Waals surface area (Å²) < 4.78 is 84.3. The zero-order valence-electron chi connectivity index (χ0n) is 20.7. The minimum atomic E-state index is -5.12. The number of amides is 2. The number of hydrogen-bond acceptors (Lipinski definition) is 5. The number of rotatable bonds is 6. The number of aromatic nitrogens is 2. The van der Waals surface area contributed by atoms with E-state index in [0.29, 0.717) is 35.9 Å². The van der Waals surface area contributed by atoms with Crippen LogP contribution in [0.1, 0.15) is 41.3 Å². The van der Waals surface area contributed by atoms with E-state index >= 15 is 0 Å². The number of nitrogens with two attached hydrogens (primary N) is 1. The predicted molar refractivity (Wildman–Crippen MR) is 135 cm³/mol. The van der Waals surface area contributed by atoms with Crippen LogP contribution >= 0.6 is 11.8 Å². The summed E-state index contributed by atoms with van der Waals surface area (Å²) >= 11 is 1.29. The molecule has 14 heteroatoms.